The molecule has 1 amide bonds. The van der Waals surface area contributed by atoms with Gasteiger partial charge in [-0.15, -0.1) is 0 Å². The number of nitrogens with zero attached hydrogens (tertiary/aromatic N) is 4. The zero-order chi connectivity index (χ0) is 19.1. The molecule has 2 aromatic rings. The Hall–Kier alpha value is -2.83. The van der Waals surface area contributed by atoms with Crippen molar-refractivity contribution in [3.05, 3.63) is 52.8 Å². The molecule has 1 aromatic heterocycles. The van der Waals surface area contributed by atoms with Crippen molar-refractivity contribution in [2.24, 2.45) is 12.0 Å². The van der Waals surface area contributed by atoms with Crippen molar-refractivity contribution < 1.29 is 4.79 Å². The quantitative estimate of drug-likeness (QED) is 0.605. The van der Waals surface area contributed by atoms with Gasteiger partial charge < -0.3 is 15.5 Å². The van der Waals surface area contributed by atoms with Crippen molar-refractivity contribution in [3.63, 3.8) is 0 Å². The minimum absolute atomic E-state index is 0.00653. The maximum atomic E-state index is 11.9. The van der Waals surface area contributed by atoms with E-state index in [0.29, 0.717) is 19.0 Å². The van der Waals surface area contributed by atoms with Gasteiger partial charge in [-0.2, -0.15) is 5.10 Å². The Morgan fingerprint density at radius 1 is 1.19 bits per heavy atom. The summed E-state index contributed by atoms with van der Waals surface area (Å²) in [6.07, 6.45) is 0. The summed E-state index contributed by atoms with van der Waals surface area (Å²) in [6, 6.07) is 10.0. The van der Waals surface area contributed by atoms with E-state index in [-0.39, 0.29) is 12.5 Å². The van der Waals surface area contributed by atoms with E-state index in [2.05, 4.69) is 20.7 Å². The molecule has 0 saturated heterocycles. The molecule has 7 heteroatoms. The predicted molar refractivity (Wildman–Crippen MR) is 104 cm³/mol. The molecule has 140 valence electrons. The van der Waals surface area contributed by atoms with Crippen LogP contribution in [-0.2, 0) is 24.9 Å². The first kappa shape index (κ1) is 19.5. The summed E-state index contributed by atoms with van der Waals surface area (Å²) < 4.78 is 1.87. The highest BCUT2D eigenvalue weighted by atomic mass is 16.2. The van der Waals surface area contributed by atoms with Gasteiger partial charge >= 0.3 is 0 Å². The summed E-state index contributed by atoms with van der Waals surface area (Å²) in [4.78, 5) is 18.0. The molecular weight excluding hydrogens is 328 g/mol. The number of carbonyl (C=O) groups is 1. The number of aryl methyl sites for hydroxylation is 2. The first-order valence-electron chi connectivity index (χ1n) is 8.63. The third-order valence-electron chi connectivity index (χ3n) is 4.26. The van der Waals surface area contributed by atoms with E-state index in [9.17, 15) is 4.79 Å². The zero-order valence-corrected chi connectivity index (χ0v) is 16.2. The van der Waals surface area contributed by atoms with Crippen LogP contribution in [0.25, 0.3) is 0 Å². The summed E-state index contributed by atoms with van der Waals surface area (Å²) >= 11 is 0. The van der Waals surface area contributed by atoms with Crippen LogP contribution in [0.5, 0.6) is 0 Å². The van der Waals surface area contributed by atoms with Gasteiger partial charge in [-0.25, -0.2) is 4.99 Å². The number of rotatable bonds is 6. The Bertz CT molecular complexity index is 764. The van der Waals surface area contributed by atoms with Crippen LogP contribution in [0.3, 0.4) is 0 Å². The minimum Gasteiger partial charge on any atom is -0.352 e. The molecule has 0 saturated carbocycles. The maximum Gasteiger partial charge on any atom is 0.241 e. The molecule has 0 unspecified atom stereocenters. The first-order chi connectivity index (χ1) is 12.4. The van der Waals surface area contributed by atoms with Crippen LogP contribution in [0.15, 0.2) is 35.3 Å². The Balaban J connectivity index is 2.07. The number of hydrogen-bond acceptors (Lipinski definition) is 3. The van der Waals surface area contributed by atoms with Gasteiger partial charge in [-0.1, -0.05) is 30.3 Å². The van der Waals surface area contributed by atoms with Crippen LogP contribution >= 0.6 is 0 Å². The molecule has 2 rings (SSSR count). The van der Waals surface area contributed by atoms with Crippen molar-refractivity contribution >= 4 is 11.9 Å². The van der Waals surface area contributed by atoms with Gasteiger partial charge in [0.15, 0.2) is 5.96 Å². The van der Waals surface area contributed by atoms with E-state index in [1.165, 1.54) is 0 Å². The summed E-state index contributed by atoms with van der Waals surface area (Å²) in [5.41, 5.74) is 4.35. The number of aliphatic imine (C=N–C) groups is 1. The monoisotopic (exact) mass is 356 g/mol. The fraction of sp³-hybridized carbons (Fsp3) is 0.421. The number of aromatic nitrogens is 2. The summed E-state index contributed by atoms with van der Waals surface area (Å²) in [5.74, 6) is 0.597. The van der Waals surface area contributed by atoms with E-state index >= 15 is 0 Å². The second-order valence-electron chi connectivity index (χ2n) is 6.42. The van der Waals surface area contributed by atoms with Crippen LogP contribution in [-0.4, -0.2) is 47.2 Å². The Morgan fingerprint density at radius 2 is 1.88 bits per heavy atom. The van der Waals surface area contributed by atoms with Gasteiger partial charge in [0, 0.05) is 38.9 Å². The molecule has 2 N–H and O–H groups in total. The van der Waals surface area contributed by atoms with Crippen LogP contribution in [0.2, 0.25) is 0 Å². The smallest absolute Gasteiger partial charge is 0.241 e. The third-order valence-corrected chi connectivity index (χ3v) is 4.26. The molecule has 0 fully saturated rings. The lowest BCUT2D eigenvalue weighted by atomic mass is 10.2. The van der Waals surface area contributed by atoms with Crippen LogP contribution in [0.1, 0.15) is 22.5 Å². The molecule has 7 nitrogen and oxygen atoms in total. The highest BCUT2D eigenvalue weighted by Crippen LogP contribution is 2.11. The number of guanidine groups is 1. The Labute approximate surface area is 155 Å². The molecule has 0 spiro atoms. The standard InChI is InChI=1S/C19H28N6O/c1-14-17(15(2)25(5)23-14)12-21-19(22-13-18(26)24(3)4)20-11-16-9-7-6-8-10-16/h6-10H,11-13H2,1-5H3,(H2,20,21,22). The first-order valence-corrected chi connectivity index (χ1v) is 8.63. The fourth-order valence-corrected chi connectivity index (χ4v) is 2.49. The molecule has 0 aliphatic carbocycles. The van der Waals surface area contributed by atoms with Crippen molar-refractivity contribution in [2.75, 3.05) is 20.6 Å². The molecule has 0 atom stereocenters. The maximum absolute atomic E-state index is 11.9. The van der Waals surface area contributed by atoms with E-state index in [0.717, 1.165) is 22.5 Å². The van der Waals surface area contributed by atoms with Gasteiger partial charge in [-0.05, 0) is 19.4 Å². The van der Waals surface area contributed by atoms with Crippen molar-refractivity contribution in [2.45, 2.75) is 26.9 Å². The highest BCUT2D eigenvalue weighted by molar-refractivity contribution is 5.86. The summed E-state index contributed by atoms with van der Waals surface area (Å²) in [5, 5.41) is 10.9. The van der Waals surface area contributed by atoms with Gasteiger partial charge in [-0.3, -0.25) is 9.48 Å². The number of likely N-dealkylation sites (N-methyl/N-ethyl adjacent to an activating group) is 1. The fourth-order valence-electron chi connectivity index (χ4n) is 2.49. The average molecular weight is 356 g/mol. The zero-order valence-electron chi connectivity index (χ0n) is 16.2. The van der Waals surface area contributed by atoms with Gasteiger partial charge in [0.05, 0.1) is 18.8 Å². The van der Waals surface area contributed by atoms with Crippen molar-refractivity contribution in [3.8, 4) is 0 Å². The second kappa shape index (κ2) is 9.03. The molecular formula is C19H28N6O. The number of nitrogens with one attached hydrogen (secondary N) is 2. The topological polar surface area (TPSA) is 74.5 Å². The molecule has 0 bridgehead atoms. The average Bonchev–Trinajstić information content (AvgIpc) is 2.87. The van der Waals surface area contributed by atoms with Crippen LogP contribution in [0, 0.1) is 13.8 Å². The lowest BCUT2D eigenvalue weighted by molar-refractivity contribution is -0.127. The van der Waals surface area contributed by atoms with Gasteiger partial charge in [0.1, 0.15) is 0 Å². The van der Waals surface area contributed by atoms with Gasteiger partial charge in [0.25, 0.3) is 0 Å². The molecule has 0 aliphatic heterocycles. The second-order valence-corrected chi connectivity index (χ2v) is 6.42. The Morgan fingerprint density at radius 3 is 2.46 bits per heavy atom. The molecule has 0 aliphatic rings. The van der Waals surface area contributed by atoms with Crippen molar-refractivity contribution in [1.82, 2.24) is 25.3 Å². The van der Waals surface area contributed by atoms with Crippen molar-refractivity contribution in [1.29, 1.82) is 0 Å². The van der Waals surface area contributed by atoms with E-state index in [4.69, 9.17) is 0 Å². The largest absolute Gasteiger partial charge is 0.352 e. The lowest BCUT2D eigenvalue weighted by Gasteiger charge is -2.15. The Kier molecular flexibility index (Phi) is 6.77. The minimum atomic E-state index is -0.00653. The number of carbonyl (C=O) groups excluding carboxylic acids is 1. The number of hydrogen-bond donors (Lipinski definition) is 2. The normalized spacial score (nSPS) is 11.3. The number of amides is 1. The molecule has 1 aromatic carbocycles. The summed E-state index contributed by atoms with van der Waals surface area (Å²) in [7, 11) is 5.41. The summed E-state index contributed by atoms with van der Waals surface area (Å²) in [6.45, 7) is 5.37. The van der Waals surface area contributed by atoms with Crippen LogP contribution in [0.4, 0.5) is 0 Å². The SMILES string of the molecule is Cc1nn(C)c(C)c1CNC(=NCc1ccccc1)NCC(=O)N(C)C. The molecule has 0 radical (unpaired) electrons. The lowest BCUT2D eigenvalue weighted by Crippen LogP contribution is -2.42. The molecule has 26 heavy (non-hydrogen) atoms. The van der Waals surface area contributed by atoms with E-state index in [1.54, 1.807) is 19.0 Å². The van der Waals surface area contributed by atoms with Crippen LogP contribution < -0.4 is 10.6 Å². The van der Waals surface area contributed by atoms with Gasteiger partial charge in [0.2, 0.25) is 5.91 Å². The predicted octanol–water partition coefficient (Wildman–Crippen LogP) is 1.36. The van der Waals surface area contributed by atoms with E-state index in [1.807, 2.05) is 55.9 Å². The highest BCUT2D eigenvalue weighted by Gasteiger charge is 2.11. The third kappa shape index (κ3) is 5.34. The number of benzene rings is 1. The molecule has 1 heterocycles. The van der Waals surface area contributed by atoms with E-state index < -0.39 is 0 Å².